The molecule has 1 aromatic rings. The fraction of sp³-hybridized carbons (Fsp3) is 0.500. The van der Waals surface area contributed by atoms with Crippen LogP contribution in [0.1, 0.15) is 31.7 Å². The molecule has 1 rings (SSSR count). The van der Waals surface area contributed by atoms with Crippen LogP contribution in [0.2, 0.25) is 0 Å². The zero-order valence-corrected chi connectivity index (χ0v) is 11.9. The molecule has 0 bridgehead atoms. The van der Waals surface area contributed by atoms with Crippen molar-refractivity contribution >= 4 is 11.5 Å². The van der Waals surface area contributed by atoms with Crippen molar-refractivity contribution in [2.75, 3.05) is 25.6 Å². The van der Waals surface area contributed by atoms with Gasteiger partial charge in [0.2, 0.25) is 0 Å². The number of nitrogens with two attached hydrogens (primary N) is 1. The normalized spacial score (nSPS) is 11.4. The maximum Gasteiger partial charge on any atom is 0.172 e. The molecule has 0 unspecified atom stereocenters. The second-order valence-electron chi connectivity index (χ2n) is 4.50. The number of hydrogen-bond donors (Lipinski definition) is 2. The van der Waals surface area contributed by atoms with Gasteiger partial charge >= 0.3 is 0 Å². The molecule has 1 aromatic carbocycles. The highest BCUT2D eigenvalue weighted by molar-refractivity contribution is 6.02. The molecule has 0 saturated carbocycles. The SMILES string of the molecule is CCCCCN(C)c1cc(OC)ccc1/C(N)=N/O. The zero-order valence-electron chi connectivity index (χ0n) is 11.9. The van der Waals surface area contributed by atoms with Crippen LogP contribution < -0.4 is 15.4 Å². The van der Waals surface area contributed by atoms with Gasteiger partial charge in [-0.25, -0.2) is 0 Å². The van der Waals surface area contributed by atoms with Crippen LogP contribution in [0, 0.1) is 0 Å². The first-order chi connectivity index (χ1) is 9.13. The van der Waals surface area contributed by atoms with E-state index in [0.717, 1.165) is 24.4 Å². The van der Waals surface area contributed by atoms with Crippen molar-refractivity contribution in [3.63, 3.8) is 0 Å². The van der Waals surface area contributed by atoms with Gasteiger partial charge in [0, 0.05) is 25.2 Å². The van der Waals surface area contributed by atoms with Crippen molar-refractivity contribution < 1.29 is 9.94 Å². The molecule has 0 aliphatic rings. The molecule has 19 heavy (non-hydrogen) atoms. The molecule has 0 atom stereocenters. The Bertz CT molecular complexity index is 433. The predicted octanol–water partition coefficient (Wildman–Crippen LogP) is 2.42. The molecule has 0 aliphatic heterocycles. The van der Waals surface area contributed by atoms with E-state index in [4.69, 9.17) is 15.7 Å². The summed E-state index contributed by atoms with van der Waals surface area (Å²) in [5.74, 6) is 0.867. The van der Waals surface area contributed by atoms with Gasteiger partial charge < -0.3 is 20.6 Å². The fourth-order valence-corrected chi connectivity index (χ4v) is 1.94. The van der Waals surface area contributed by atoms with E-state index in [0.29, 0.717) is 5.56 Å². The Hall–Kier alpha value is -1.91. The standard InChI is InChI=1S/C14H23N3O2/c1-4-5-6-9-17(2)13-10-11(19-3)7-8-12(13)14(15)16-18/h7-8,10,18H,4-6,9H2,1-3H3,(H2,15,16). The van der Waals surface area contributed by atoms with Crippen molar-refractivity contribution in [3.8, 4) is 5.75 Å². The highest BCUT2D eigenvalue weighted by atomic mass is 16.5. The molecule has 106 valence electrons. The van der Waals surface area contributed by atoms with E-state index in [1.165, 1.54) is 12.8 Å². The van der Waals surface area contributed by atoms with Gasteiger partial charge in [-0.2, -0.15) is 0 Å². The van der Waals surface area contributed by atoms with Crippen LogP contribution in [-0.2, 0) is 0 Å². The van der Waals surface area contributed by atoms with E-state index in [1.807, 2.05) is 13.1 Å². The van der Waals surface area contributed by atoms with Crippen LogP contribution in [0.3, 0.4) is 0 Å². The summed E-state index contributed by atoms with van der Waals surface area (Å²) in [6, 6.07) is 5.51. The lowest BCUT2D eigenvalue weighted by atomic mass is 10.1. The number of anilines is 1. The Labute approximate surface area is 114 Å². The summed E-state index contributed by atoms with van der Waals surface area (Å²) in [7, 11) is 3.62. The third kappa shape index (κ3) is 4.05. The summed E-state index contributed by atoms with van der Waals surface area (Å²) in [5, 5.41) is 11.9. The van der Waals surface area contributed by atoms with Crippen LogP contribution in [0.4, 0.5) is 5.69 Å². The van der Waals surface area contributed by atoms with Crippen LogP contribution in [0.25, 0.3) is 0 Å². The Kier molecular flexibility index (Phi) is 5.99. The largest absolute Gasteiger partial charge is 0.497 e. The minimum absolute atomic E-state index is 0.111. The molecule has 0 aromatic heterocycles. The van der Waals surface area contributed by atoms with E-state index in [9.17, 15) is 0 Å². The number of oxime groups is 1. The maximum atomic E-state index is 8.85. The number of benzene rings is 1. The maximum absolute atomic E-state index is 8.85. The molecule has 5 nitrogen and oxygen atoms in total. The minimum Gasteiger partial charge on any atom is -0.497 e. The van der Waals surface area contributed by atoms with Crippen LogP contribution in [0.15, 0.2) is 23.4 Å². The average Bonchev–Trinajstić information content (AvgIpc) is 2.45. The van der Waals surface area contributed by atoms with Gasteiger partial charge in [-0.15, -0.1) is 0 Å². The van der Waals surface area contributed by atoms with E-state index >= 15 is 0 Å². The quantitative estimate of drug-likeness (QED) is 0.261. The fourth-order valence-electron chi connectivity index (χ4n) is 1.94. The number of amidine groups is 1. The molecule has 0 radical (unpaired) electrons. The van der Waals surface area contributed by atoms with E-state index in [-0.39, 0.29) is 5.84 Å². The molecular formula is C14H23N3O2. The van der Waals surface area contributed by atoms with Crippen LogP contribution in [-0.4, -0.2) is 31.7 Å². The number of unbranched alkanes of at least 4 members (excludes halogenated alkanes) is 2. The average molecular weight is 265 g/mol. The number of hydrogen-bond acceptors (Lipinski definition) is 4. The number of ether oxygens (including phenoxy) is 1. The van der Waals surface area contributed by atoms with Gasteiger partial charge in [-0.1, -0.05) is 24.9 Å². The van der Waals surface area contributed by atoms with Gasteiger partial charge in [0.15, 0.2) is 5.84 Å². The number of methoxy groups -OCH3 is 1. The number of nitrogens with zero attached hydrogens (tertiary/aromatic N) is 2. The summed E-state index contributed by atoms with van der Waals surface area (Å²) < 4.78 is 5.23. The highest BCUT2D eigenvalue weighted by Crippen LogP contribution is 2.25. The van der Waals surface area contributed by atoms with E-state index in [2.05, 4.69) is 17.0 Å². The Balaban J connectivity index is 3.00. The van der Waals surface area contributed by atoms with Gasteiger partial charge in [-0.05, 0) is 18.6 Å². The van der Waals surface area contributed by atoms with Crippen molar-refractivity contribution in [2.45, 2.75) is 26.2 Å². The van der Waals surface area contributed by atoms with Gasteiger partial charge in [0.25, 0.3) is 0 Å². The Morgan fingerprint density at radius 2 is 2.16 bits per heavy atom. The summed E-state index contributed by atoms with van der Waals surface area (Å²) >= 11 is 0. The lowest BCUT2D eigenvalue weighted by Crippen LogP contribution is -2.24. The molecule has 0 spiro atoms. The minimum atomic E-state index is 0.111. The Morgan fingerprint density at radius 3 is 2.74 bits per heavy atom. The van der Waals surface area contributed by atoms with E-state index in [1.54, 1.807) is 19.2 Å². The van der Waals surface area contributed by atoms with Crippen LogP contribution in [0.5, 0.6) is 5.75 Å². The number of rotatable bonds is 7. The lowest BCUT2D eigenvalue weighted by molar-refractivity contribution is 0.318. The molecular weight excluding hydrogens is 242 g/mol. The molecule has 5 heteroatoms. The second kappa shape index (κ2) is 7.51. The molecule has 0 saturated heterocycles. The third-order valence-corrected chi connectivity index (χ3v) is 3.10. The van der Waals surface area contributed by atoms with Crippen molar-refractivity contribution in [2.24, 2.45) is 10.9 Å². The topological polar surface area (TPSA) is 71.1 Å². The predicted molar refractivity (Wildman–Crippen MR) is 78.3 cm³/mol. The third-order valence-electron chi connectivity index (χ3n) is 3.10. The van der Waals surface area contributed by atoms with Crippen molar-refractivity contribution in [1.82, 2.24) is 0 Å². The Morgan fingerprint density at radius 1 is 1.42 bits per heavy atom. The van der Waals surface area contributed by atoms with Gasteiger partial charge in [-0.3, -0.25) is 0 Å². The molecule has 0 heterocycles. The summed E-state index contributed by atoms with van der Waals surface area (Å²) in [5.41, 5.74) is 7.33. The van der Waals surface area contributed by atoms with Crippen molar-refractivity contribution in [3.05, 3.63) is 23.8 Å². The van der Waals surface area contributed by atoms with Crippen LogP contribution >= 0.6 is 0 Å². The highest BCUT2D eigenvalue weighted by Gasteiger charge is 2.12. The summed E-state index contributed by atoms with van der Waals surface area (Å²) in [6.07, 6.45) is 3.48. The van der Waals surface area contributed by atoms with E-state index < -0.39 is 0 Å². The summed E-state index contributed by atoms with van der Waals surface area (Å²) in [6.45, 7) is 3.10. The second-order valence-corrected chi connectivity index (χ2v) is 4.50. The molecule has 0 aliphatic carbocycles. The molecule has 3 N–H and O–H groups in total. The first kappa shape index (κ1) is 15.1. The first-order valence-electron chi connectivity index (χ1n) is 6.51. The smallest absolute Gasteiger partial charge is 0.172 e. The zero-order chi connectivity index (χ0) is 14.3. The monoisotopic (exact) mass is 265 g/mol. The lowest BCUT2D eigenvalue weighted by Gasteiger charge is -2.22. The summed E-state index contributed by atoms with van der Waals surface area (Å²) in [4.78, 5) is 2.10. The first-order valence-corrected chi connectivity index (χ1v) is 6.51. The van der Waals surface area contributed by atoms with Crippen molar-refractivity contribution in [1.29, 1.82) is 0 Å². The van der Waals surface area contributed by atoms with Gasteiger partial charge in [0.1, 0.15) is 5.75 Å². The molecule has 0 amide bonds. The molecule has 0 fully saturated rings. The van der Waals surface area contributed by atoms with Gasteiger partial charge in [0.05, 0.1) is 12.8 Å².